The Morgan fingerprint density at radius 2 is 2.00 bits per heavy atom. The molecule has 2 nitrogen and oxygen atoms in total. The van der Waals surface area contributed by atoms with Crippen LogP contribution >= 0.6 is 0 Å². The van der Waals surface area contributed by atoms with E-state index in [-0.39, 0.29) is 0 Å². The van der Waals surface area contributed by atoms with Crippen molar-refractivity contribution in [3.8, 4) is 0 Å². The van der Waals surface area contributed by atoms with Crippen LogP contribution in [0.2, 0.25) is 0 Å². The lowest BCUT2D eigenvalue weighted by atomic mass is 10.1. The third kappa shape index (κ3) is 2.31. The molecule has 0 saturated heterocycles. The monoisotopic (exact) mass is 164 g/mol. The predicted octanol–water partition coefficient (Wildman–Crippen LogP) is 2.14. The molecular weight excluding hydrogens is 148 g/mol. The summed E-state index contributed by atoms with van der Waals surface area (Å²) in [6.45, 7) is 5.33. The molecule has 0 aromatic carbocycles. The van der Waals surface area contributed by atoms with Gasteiger partial charge >= 0.3 is 0 Å². The summed E-state index contributed by atoms with van der Waals surface area (Å²) in [5.41, 5.74) is 1.33. The van der Waals surface area contributed by atoms with E-state index in [2.05, 4.69) is 36.3 Å². The summed E-state index contributed by atoms with van der Waals surface area (Å²) in [5.74, 6) is 0. The standard InChI is InChI=1S/C10H16N2/c1-3-10(12-4-2)9-5-7-11-8-6-9/h5-8,10,12H,3-4H2,1-2H3/t10-/m0/s1. The first-order chi connectivity index (χ1) is 5.88. The fourth-order valence-corrected chi connectivity index (χ4v) is 1.34. The highest BCUT2D eigenvalue weighted by Gasteiger charge is 2.05. The molecule has 0 aliphatic heterocycles. The molecule has 2 heteroatoms. The molecule has 0 aliphatic carbocycles. The van der Waals surface area contributed by atoms with Gasteiger partial charge < -0.3 is 5.32 Å². The molecule has 1 heterocycles. The Morgan fingerprint density at radius 1 is 1.33 bits per heavy atom. The van der Waals surface area contributed by atoms with Crippen molar-refractivity contribution < 1.29 is 0 Å². The SMILES string of the molecule is CCN[C@@H](CC)c1ccncc1. The van der Waals surface area contributed by atoms with Crippen molar-refractivity contribution >= 4 is 0 Å². The molecule has 0 unspecified atom stereocenters. The van der Waals surface area contributed by atoms with Gasteiger partial charge in [0.25, 0.3) is 0 Å². The van der Waals surface area contributed by atoms with Gasteiger partial charge in [-0.3, -0.25) is 4.98 Å². The van der Waals surface area contributed by atoms with Crippen molar-refractivity contribution in [1.29, 1.82) is 0 Å². The lowest BCUT2D eigenvalue weighted by Crippen LogP contribution is -2.19. The number of hydrogen-bond acceptors (Lipinski definition) is 2. The second-order valence-electron chi connectivity index (χ2n) is 2.80. The smallest absolute Gasteiger partial charge is 0.0318 e. The molecule has 1 rings (SSSR count). The molecule has 0 fully saturated rings. The lowest BCUT2D eigenvalue weighted by molar-refractivity contribution is 0.537. The van der Waals surface area contributed by atoms with Gasteiger partial charge in [-0.05, 0) is 30.7 Å². The van der Waals surface area contributed by atoms with Crippen molar-refractivity contribution in [1.82, 2.24) is 10.3 Å². The van der Waals surface area contributed by atoms with Crippen LogP contribution < -0.4 is 5.32 Å². The topological polar surface area (TPSA) is 24.9 Å². The Morgan fingerprint density at radius 3 is 2.50 bits per heavy atom. The van der Waals surface area contributed by atoms with Crippen LogP contribution in [0.3, 0.4) is 0 Å². The largest absolute Gasteiger partial charge is 0.310 e. The highest BCUT2D eigenvalue weighted by atomic mass is 14.9. The van der Waals surface area contributed by atoms with Gasteiger partial charge in [-0.1, -0.05) is 13.8 Å². The number of hydrogen-bond donors (Lipinski definition) is 1. The molecule has 1 N–H and O–H groups in total. The number of aromatic nitrogens is 1. The Balaban J connectivity index is 2.66. The number of nitrogens with one attached hydrogen (secondary N) is 1. The number of pyridine rings is 1. The molecule has 0 bridgehead atoms. The van der Waals surface area contributed by atoms with E-state index in [1.54, 1.807) is 0 Å². The van der Waals surface area contributed by atoms with Crippen LogP contribution in [0.4, 0.5) is 0 Å². The van der Waals surface area contributed by atoms with E-state index in [0.717, 1.165) is 13.0 Å². The van der Waals surface area contributed by atoms with Crippen molar-refractivity contribution in [3.05, 3.63) is 30.1 Å². The zero-order valence-electron chi connectivity index (χ0n) is 7.75. The first-order valence-corrected chi connectivity index (χ1v) is 4.51. The van der Waals surface area contributed by atoms with Gasteiger partial charge in [0, 0.05) is 18.4 Å². The lowest BCUT2D eigenvalue weighted by Gasteiger charge is -2.15. The molecule has 1 aromatic rings. The highest BCUT2D eigenvalue weighted by molar-refractivity contribution is 5.14. The van der Waals surface area contributed by atoms with E-state index >= 15 is 0 Å². The third-order valence-corrected chi connectivity index (χ3v) is 1.97. The van der Waals surface area contributed by atoms with Crippen molar-refractivity contribution in [2.75, 3.05) is 6.54 Å². The van der Waals surface area contributed by atoms with Crippen LogP contribution in [-0.4, -0.2) is 11.5 Å². The van der Waals surface area contributed by atoms with Crippen molar-refractivity contribution in [2.24, 2.45) is 0 Å². The summed E-state index contributed by atoms with van der Waals surface area (Å²) < 4.78 is 0. The summed E-state index contributed by atoms with van der Waals surface area (Å²) in [7, 11) is 0. The van der Waals surface area contributed by atoms with Gasteiger partial charge in [0.1, 0.15) is 0 Å². The van der Waals surface area contributed by atoms with Crippen LogP contribution in [0.25, 0.3) is 0 Å². The van der Waals surface area contributed by atoms with Crippen LogP contribution in [0.1, 0.15) is 31.9 Å². The first kappa shape index (κ1) is 9.20. The van der Waals surface area contributed by atoms with E-state index in [9.17, 15) is 0 Å². The van der Waals surface area contributed by atoms with Crippen LogP contribution in [0, 0.1) is 0 Å². The maximum absolute atomic E-state index is 3.99. The molecule has 0 radical (unpaired) electrons. The summed E-state index contributed by atoms with van der Waals surface area (Å²) in [4.78, 5) is 3.99. The first-order valence-electron chi connectivity index (χ1n) is 4.51. The van der Waals surface area contributed by atoms with Gasteiger partial charge in [0.15, 0.2) is 0 Å². The minimum Gasteiger partial charge on any atom is -0.310 e. The van der Waals surface area contributed by atoms with E-state index in [0.29, 0.717) is 6.04 Å². The summed E-state index contributed by atoms with van der Waals surface area (Å²) in [5, 5.41) is 3.42. The van der Waals surface area contributed by atoms with Gasteiger partial charge in [0.05, 0.1) is 0 Å². The van der Waals surface area contributed by atoms with Gasteiger partial charge in [0.2, 0.25) is 0 Å². The maximum Gasteiger partial charge on any atom is 0.0318 e. The Kier molecular flexibility index (Phi) is 3.74. The van der Waals surface area contributed by atoms with Crippen LogP contribution in [0.5, 0.6) is 0 Å². The second kappa shape index (κ2) is 4.88. The fraction of sp³-hybridized carbons (Fsp3) is 0.500. The molecule has 0 spiro atoms. The van der Waals surface area contributed by atoms with Crippen LogP contribution in [-0.2, 0) is 0 Å². The summed E-state index contributed by atoms with van der Waals surface area (Å²) in [6.07, 6.45) is 4.81. The summed E-state index contributed by atoms with van der Waals surface area (Å²) >= 11 is 0. The molecule has 12 heavy (non-hydrogen) atoms. The average Bonchev–Trinajstić information content (AvgIpc) is 2.15. The predicted molar refractivity (Wildman–Crippen MR) is 50.9 cm³/mol. The van der Waals surface area contributed by atoms with E-state index < -0.39 is 0 Å². The third-order valence-electron chi connectivity index (χ3n) is 1.97. The quantitative estimate of drug-likeness (QED) is 0.737. The molecular formula is C10H16N2. The van der Waals surface area contributed by atoms with Gasteiger partial charge in [-0.2, -0.15) is 0 Å². The molecule has 0 amide bonds. The van der Waals surface area contributed by atoms with Crippen LogP contribution in [0.15, 0.2) is 24.5 Å². The van der Waals surface area contributed by atoms with E-state index in [4.69, 9.17) is 0 Å². The van der Waals surface area contributed by atoms with E-state index in [1.807, 2.05) is 12.4 Å². The Bertz CT molecular complexity index is 208. The molecule has 66 valence electrons. The van der Waals surface area contributed by atoms with Gasteiger partial charge in [-0.15, -0.1) is 0 Å². The minimum absolute atomic E-state index is 0.484. The zero-order chi connectivity index (χ0) is 8.81. The fourth-order valence-electron chi connectivity index (χ4n) is 1.34. The van der Waals surface area contributed by atoms with Gasteiger partial charge in [-0.25, -0.2) is 0 Å². The summed E-state index contributed by atoms with van der Waals surface area (Å²) in [6, 6.07) is 4.62. The molecule has 0 aliphatic rings. The average molecular weight is 164 g/mol. The number of nitrogens with zero attached hydrogens (tertiary/aromatic N) is 1. The molecule has 0 saturated carbocycles. The van der Waals surface area contributed by atoms with Crippen molar-refractivity contribution in [2.45, 2.75) is 26.3 Å². The minimum atomic E-state index is 0.484. The normalized spacial score (nSPS) is 12.8. The van der Waals surface area contributed by atoms with E-state index in [1.165, 1.54) is 5.56 Å². The van der Waals surface area contributed by atoms with Crippen molar-refractivity contribution in [3.63, 3.8) is 0 Å². The number of rotatable bonds is 4. The maximum atomic E-state index is 3.99. The molecule has 1 atom stereocenters. The second-order valence-corrected chi connectivity index (χ2v) is 2.80. The highest BCUT2D eigenvalue weighted by Crippen LogP contribution is 2.14. The Labute approximate surface area is 74.0 Å². The molecule has 1 aromatic heterocycles. The zero-order valence-corrected chi connectivity index (χ0v) is 7.75. The Hall–Kier alpha value is -0.890.